The fourth-order valence-electron chi connectivity index (χ4n) is 5.12. The number of ether oxygens (including phenoxy) is 1. The van der Waals surface area contributed by atoms with E-state index >= 15 is 0 Å². The first-order valence-electron chi connectivity index (χ1n) is 12.3. The summed E-state index contributed by atoms with van der Waals surface area (Å²) in [6.07, 6.45) is 8.24. The molecule has 8 nitrogen and oxygen atoms in total. The molecule has 2 unspecified atom stereocenters. The number of rotatable bonds is 7. The summed E-state index contributed by atoms with van der Waals surface area (Å²) < 4.78 is 21.0. The average molecular weight is 554 g/mol. The third kappa shape index (κ3) is 5.23. The van der Waals surface area contributed by atoms with Crippen molar-refractivity contribution in [3.63, 3.8) is 0 Å². The number of fused-ring (bicyclic) bond motifs is 4. The van der Waals surface area contributed by atoms with Gasteiger partial charge < -0.3 is 15.0 Å². The van der Waals surface area contributed by atoms with Crippen LogP contribution in [-0.4, -0.2) is 49.3 Å². The van der Waals surface area contributed by atoms with Gasteiger partial charge in [-0.25, -0.2) is 9.37 Å². The van der Waals surface area contributed by atoms with Crippen molar-refractivity contribution < 1.29 is 9.13 Å². The third-order valence-electron chi connectivity index (χ3n) is 7.07. The van der Waals surface area contributed by atoms with Crippen LogP contribution >= 0.6 is 27.0 Å². The van der Waals surface area contributed by atoms with Crippen molar-refractivity contribution in [3.05, 3.63) is 71.6 Å². The fourth-order valence-corrected chi connectivity index (χ4v) is 5.12. The molecule has 0 amide bonds. The maximum atomic E-state index is 14.0. The van der Waals surface area contributed by atoms with Crippen molar-refractivity contribution >= 4 is 49.5 Å². The Morgan fingerprint density at radius 1 is 1.18 bits per heavy atom. The number of nitrogens with zero attached hydrogens (tertiary/aromatic N) is 5. The normalized spacial score (nSPS) is 15.5. The molecule has 0 saturated heterocycles. The number of benzene rings is 1. The van der Waals surface area contributed by atoms with Gasteiger partial charge in [-0.1, -0.05) is 25.1 Å². The monoisotopic (exact) mass is 553 g/mol. The molecule has 6 rings (SSSR count). The topological polar surface area (TPSA) is 93.0 Å². The van der Waals surface area contributed by atoms with Crippen LogP contribution in [0.5, 0.6) is 0 Å². The van der Waals surface area contributed by atoms with E-state index in [1.165, 1.54) is 34.4 Å². The van der Waals surface area contributed by atoms with Gasteiger partial charge in [0.15, 0.2) is 11.5 Å². The highest BCUT2D eigenvalue weighted by molar-refractivity contribution is 7.59. The lowest BCUT2D eigenvalue weighted by Gasteiger charge is -2.24. The molecule has 0 saturated carbocycles. The van der Waals surface area contributed by atoms with Gasteiger partial charge in [-0.05, 0) is 49.3 Å². The van der Waals surface area contributed by atoms with Gasteiger partial charge in [0.05, 0.1) is 12.4 Å². The van der Waals surface area contributed by atoms with Crippen molar-refractivity contribution in [2.24, 2.45) is 0 Å². The second-order valence-corrected chi connectivity index (χ2v) is 9.49. The number of pyridine rings is 1. The molecular formula is C27H32FN7OS2. The lowest BCUT2D eigenvalue weighted by atomic mass is 9.91. The summed E-state index contributed by atoms with van der Waals surface area (Å²) in [6.45, 7) is 2.78. The molecule has 5 aromatic rings. The van der Waals surface area contributed by atoms with E-state index in [2.05, 4.69) is 51.6 Å². The maximum Gasteiger partial charge on any atom is 0.228 e. The molecule has 4 aromatic heterocycles. The number of hydrogen-bond donors (Lipinski definition) is 2. The summed E-state index contributed by atoms with van der Waals surface area (Å²) in [5.41, 5.74) is 6.07. The number of hydrogen-bond acceptors (Lipinski definition) is 6. The SMILES string of the molecule is COCCC(C)c1cnn2c(NC3CCc4[nH]c5ccccc5c4C3)nc(-c3cncc(F)c3)nc12.S.S. The van der Waals surface area contributed by atoms with Crippen LogP contribution in [0, 0.1) is 5.82 Å². The molecule has 0 aliphatic heterocycles. The molecule has 2 N–H and O–H groups in total. The number of H-pyrrole nitrogens is 1. The highest BCUT2D eigenvalue weighted by Crippen LogP contribution is 2.31. The Kier molecular flexibility index (Phi) is 8.59. The van der Waals surface area contributed by atoms with E-state index < -0.39 is 5.82 Å². The lowest BCUT2D eigenvalue weighted by Crippen LogP contribution is -2.29. The minimum atomic E-state index is -0.424. The highest BCUT2D eigenvalue weighted by atomic mass is 32.1. The number of para-hydroxylation sites is 1. The molecular weight excluding hydrogens is 521 g/mol. The summed E-state index contributed by atoms with van der Waals surface area (Å²) in [4.78, 5) is 17.2. The molecule has 0 bridgehead atoms. The van der Waals surface area contributed by atoms with Crippen molar-refractivity contribution in [1.29, 1.82) is 0 Å². The average Bonchev–Trinajstić information content (AvgIpc) is 3.49. The highest BCUT2D eigenvalue weighted by Gasteiger charge is 2.25. The molecule has 1 aromatic carbocycles. The molecule has 38 heavy (non-hydrogen) atoms. The number of anilines is 1. The number of halogens is 1. The summed E-state index contributed by atoms with van der Waals surface area (Å²) >= 11 is 0. The zero-order valence-corrected chi connectivity index (χ0v) is 23.3. The van der Waals surface area contributed by atoms with E-state index in [1.807, 2.05) is 6.20 Å². The van der Waals surface area contributed by atoms with Gasteiger partial charge in [0.1, 0.15) is 5.82 Å². The standard InChI is InChI=1S/C27H28FN7O.2H2S/c1-16(9-10-36-2)22-15-30-35-26(22)33-25(17-11-18(28)14-29-13-17)34-27(35)31-19-7-8-24-21(12-19)20-5-3-4-6-23(20)32-24;;/h3-6,11,13-16,19,32H,7-10,12H2,1-2H3,(H,31,33,34);2*1H2. The Bertz CT molecular complexity index is 1550. The van der Waals surface area contributed by atoms with Gasteiger partial charge in [-0.2, -0.15) is 41.6 Å². The largest absolute Gasteiger partial charge is 0.385 e. The molecule has 1 aliphatic rings. The van der Waals surface area contributed by atoms with Gasteiger partial charge in [0.25, 0.3) is 0 Å². The van der Waals surface area contributed by atoms with Gasteiger partial charge in [-0.15, -0.1) is 0 Å². The first-order chi connectivity index (χ1) is 17.6. The van der Waals surface area contributed by atoms with E-state index in [9.17, 15) is 4.39 Å². The van der Waals surface area contributed by atoms with E-state index in [0.29, 0.717) is 29.6 Å². The predicted octanol–water partition coefficient (Wildman–Crippen LogP) is 5.14. The summed E-state index contributed by atoms with van der Waals surface area (Å²) in [5.74, 6) is 0.776. The molecule has 0 fully saturated rings. The van der Waals surface area contributed by atoms with Crippen LogP contribution < -0.4 is 5.32 Å². The third-order valence-corrected chi connectivity index (χ3v) is 7.07. The van der Waals surface area contributed by atoms with E-state index in [4.69, 9.17) is 14.7 Å². The second-order valence-electron chi connectivity index (χ2n) is 9.49. The minimum Gasteiger partial charge on any atom is -0.385 e. The fraction of sp³-hybridized carbons (Fsp3) is 0.333. The summed E-state index contributed by atoms with van der Waals surface area (Å²) in [5, 5.41) is 9.55. The lowest BCUT2D eigenvalue weighted by molar-refractivity contribution is 0.189. The first-order valence-corrected chi connectivity index (χ1v) is 12.3. The summed E-state index contributed by atoms with van der Waals surface area (Å²) in [6, 6.07) is 10.0. The molecule has 11 heteroatoms. The van der Waals surface area contributed by atoms with E-state index in [-0.39, 0.29) is 39.0 Å². The molecule has 200 valence electrons. The molecule has 1 aliphatic carbocycles. The predicted molar refractivity (Wildman–Crippen MR) is 157 cm³/mol. The van der Waals surface area contributed by atoms with Gasteiger partial charge in [0.2, 0.25) is 5.95 Å². The number of aromatic amines is 1. The van der Waals surface area contributed by atoms with Crippen molar-refractivity contribution in [2.45, 2.75) is 44.6 Å². The Morgan fingerprint density at radius 3 is 2.84 bits per heavy atom. The van der Waals surface area contributed by atoms with Crippen LogP contribution in [0.25, 0.3) is 27.9 Å². The number of nitrogens with one attached hydrogen (secondary N) is 2. The molecule has 0 radical (unpaired) electrons. The van der Waals surface area contributed by atoms with Gasteiger partial charge in [0, 0.05) is 53.7 Å². The van der Waals surface area contributed by atoms with E-state index in [1.54, 1.807) is 17.8 Å². The van der Waals surface area contributed by atoms with Crippen LogP contribution in [-0.2, 0) is 17.6 Å². The van der Waals surface area contributed by atoms with E-state index in [0.717, 1.165) is 31.2 Å². The van der Waals surface area contributed by atoms with Crippen LogP contribution in [0.4, 0.5) is 10.3 Å². The number of aromatic nitrogens is 6. The second kappa shape index (κ2) is 11.7. The zero-order valence-electron chi connectivity index (χ0n) is 21.3. The Morgan fingerprint density at radius 2 is 2.03 bits per heavy atom. The molecule has 0 spiro atoms. The molecule has 2 atom stereocenters. The van der Waals surface area contributed by atoms with Crippen molar-refractivity contribution in [3.8, 4) is 11.4 Å². The zero-order chi connectivity index (χ0) is 24.6. The number of aryl methyl sites for hydroxylation is 1. The Hall–Kier alpha value is -3.15. The van der Waals surface area contributed by atoms with Crippen LogP contribution in [0.2, 0.25) is 0 Å². The Labute approximate surface area is 234 Å². The maximum absolute atomic E-state index is 14.0. The summed E-state index contributed by atoms with van der Waals surface area (Å²) in [7, 11) is 1.70. The number of methoxy groups -OCH3 is 1. The Balaban J connectivity index is 0.00000168. The van der Waals surface area contributed by atoms with Crippen molar-refractivity contribution in [1.82, 2.24) is 29.5 Å². The van der Waals surface area contributed by atoms with Crippen LogP contribution in [0.3, 0.4) is 0 Å². The first kappa shape index (κ1) is 27.9. The van der Waals surface area contributed by atoms with Crippen LogP contribution in [0.1, 0.15) is 42.5 Å². The van der Waals surface area contributed by atoms with Gasteiger partial charge >= 0.3 is 0 Å². The molecule has 4 heterocycles. The van der Waals surface area contributed by atoms with Gasteiger partial charge in [-0.3, -0.25) is 4.98 Å². The van der Waals surface area contributed by atoms with Crippen molar-refractivity contribution in [2.75, 3.05) is 19.0 Å². The minimum absolute atomic E-state index is 0. The smallest absolute Gasteiger partial charge is 0.228 e. The van der Waals surface area contributed by atoms with Crippen LogP contribution in [0.15, 0.2) is 48.9 Å². The quantitative estimate of drug-likeness (QED) is 0.290.